The first-order valence-corrected chi connectivity index (χ1v) is 7.80. The lowest BCUT2D eigenvalue weighted by atomic mass is 10.2. The van der Waals surface area contributed by atoms with Crippen LogP contribution in [0.1, 0.15) is 16.1 Å². The molecule has 0 aliphatic heterocycles. The number of hydrazone groups is 1. The maximum Gasteiger partial charge on any atom is 0.307 e. The van der Waals surface area contributed by atoms with Crippen LogP contribution >= 0.6 is 23.2 Å². The van der Waals surface area contributed by atoms with E-state index < -0.39 is 10.8 Å². The summed E-state index contributed by atoms with van der Waals surface area (Å²) in [5, 5.41) is 24.5. The van der Waals surface area contributed by atoms with Gasteiger partial charge in [-0.25, -0.2) is 5.43 Å². The summed E-state index contributed by atoms with van der Waals surface area (Å²) in [6, 6.07) is 8.20. The fourth-order valence-corrected chi connectivity index (χ4v) is 2.64. The van der Waals surface area contributed by atoms with Crippen molar-refractivity contribution in [1.82, 2.24) is 5.43 Å². The van der Waals surface area contributed by atoms with Gasteiger partial charge in [0.2, 0.25) is 0 Å². The number of furan rings is 1. The molecule has 0 spiro atoms. The zero-order valence-electron chi connectivity index (χ0n) is 12.8. The second kappa shape index (κ2) is 7.03. The van der Waals surface area contributed by atoms with E-state index in [1.807, 2.05) is 0 Å². The van der Waals surface area contributed by atoms with Gasteiger partial charge in [0, 0.05) is 17.5 Å². The zero-order valence-corrected chi connectivity index (χ0v) is 14.3. The van der Waals surface area contributed by atoms with Crippen molar-refractivity contribution in [3.8, 4) is 5.75 Å². The standard InChI is InChI=1S/C16H9Cl2N3O5/c17-11-3-8(4-12(18)15(11)22)7-19-20-16(23)14-6-9-5-10(21(24)25)1-2-13(9)26-14/h1-7,22H,(H,20,23)/b19-7+. The molecule has 0 saturated heterocycles. The molecule has 0 radical (unpaired) electrons. The first-order valence-electron chi connectivity index (χ1n) is 7.04. The van der Waals surface area contributed by atoms with Crippen LogP contribution in [0.5, 0.6) is 5.75 Å². The van der Waals surface area contributed by atoms with E-state index in [0.717, 1.165) is 0 Å². The van der Waals surface area contributed by atoms with Crippen molar-refractivity contribution < 1.29 is 19.2 Å². The highest BCUT2D eigenvalue weighted by atomic mass is 35.5. The summed E-state index contributed by atoms with van der Waals surface area (Å²) in [5.41, 5.74) is 2.94. The number of carbonyl (C=O) groups is 1. The number of fused-ring (bicyclic) bond motifs is 1. The van der Waals surface area contributed by atoms with Crippen LogP contribution in [0.2, 0.25) is 10.0 Å². The van der Waals surface area contributed by atoms with Gasteiger partial charge in [-0.1, -0.05) is 23.2 Å². The molecule has 3 aromatic rings. The van der Waals surface area contributed by atoms with Crippen LogP contribution in [-0.2, 0) is 0 Å². The van der Waals surface area contributed by atoms with Crippen LogP contribution in [-0.4, -0.2) is 22.2 Å². The van der Waals surface area contributed by atoms with E-state index >= 15 is 0 Å². The molecule has 10 heteroatoms. The number of amides is 1. The van der Waals surface area contributed by atoms with Gasteiger partial charge in [-0.3, -0.25) is 14.9 Å². The Kier molecular flexibility index (Phi) is 4.79. The van der Waals surface area contributed by atoms with Crippen molar-refractivity contribution >= 4 is 52.0 Å². The zero-order chi connectivity index (χ0) is 18.8. The predicted molar refractivity (Wildman–Crippen MR) is 96.1 cm³/mol. The van der Waals surface area contributed by atoms with Crippen molar-refractivity contribution in [2.75, 3.05) is 0 Å². The minimum Gasteiger partial charge on any atom is -0.505 e. The summed E-state index contributed by atoms with van der Waals surface area (Å²) in [7, 11) is 0. The average molecular weight is 394 g/mol. The second-order valence-electron chi connectivity index (χ2n) is 5.12. The quantitative estimate of drug-likeness (QED) is 0.392. The first-order chi connectivity index (χ1) is 12.3. The highest BCUT2D eigenvalue weighted by Gasteiger charge is 2.14. The topological polar surface area (TPSA) is 118 Å². The van der Waals surface area contributed by atoms with E-state index in [-0.39, 0.29) is 27.2 Å². The number of nitrogens with zero attached hydrogens (tertiary/aromatic N) is 2. The number of non-ortho nitro benzene ring substituents is 1. The molecule has 1 heterocycles. The molecule has 1 amide bonds. The molecule has 2 aromatic carbocycles. The number of nitro groups is 1. The average Bonchev–Trinajstić information content (AvgIpc) is 3.02. The van der Waals surface area contributed by atoms with Gasteiger partial charge in [0.1, 0.15) is 5.58 Å². The number of halogens is 2. The van der Waals surface area contributed by atoms with E-state index in [9.17, 15) is 20.0 Å². The summed E-state index contributed by atoms with van der Waals surface area (Å²) in [6.45, 7) is 0. The first kappa shape index (κ1) is 17.7. The van der Waals surface area contributed by atoms with Gasteiger partial charge in [-0.15, -0.1) is 0 Å². The van der Waals surface area contributed by atoms with Crippen molar-refractivity contribution in [2.45, 2.75) is 0 Å². The Morgan fingerprint density at radius 1 is 1.23 bits per heavy atom. The number of phenols is 1. The molecule has 0 fully saturated rings. The molecule has 0 aliphatic rings. The number of hydrogen-bond donors (Lipinski definition) is 2. The molecule has 0 bridgehead atoms. The smallest absolute Gasteiger partial charge is 0.307 e. The van der Waals surface area contributed by atoms with E-state index in [1.165, 1.54) is 42.6 Å². The minimum atomic E-state index is -0.643. The van der Waals surface area contributed by atoms with Gasteiger partial charge >= 0.3 is 5.91 Å². The Balaban J connectivity index is 1.76. The lowest BCUT2D eigenvalue weighted by molar-refractivity contribution is -0.384. The van der Waals surface area contributed by atoms with Crippen LogP contribution in [0, 0.1) is 10.1 Å². The SMILES string of the molecule is O=C(N/N=C/c1cc(Cl)c(O)c(Cl)c1)c1cc2cc([N+](=O)[O-])ccc2o1. The number of benzene rings is 2. The second-order valence-corrected chi connectivity index (χ2v) is 5.94. The van der Waals surface area contributed by atoms with E-state index in [4.69, 9.17) is 27.6 Å². The molecule has 2 N–H and O–H groups in total. The Morgan fingerprint density at radius 3 is 2.58 bits per heavy atom. The molecule has 0 atom stereocenters. The fraction of sp³-hybridized carbons (Fsp3) is 0. The lowest BCUT2D eigenvalue weighted by Crippen LogP contribution is -2.16. The predicted octanol–water partition coefficient (Wildman–Crippen LogP) is 4.12. The van der Waals surface area contributed by atoms with Gasteiger partial charge in [0.15, 0.2) is 11.5 Å². The van der Waals surface area contributed by atoms with Gasteiger partial charge in [0.05, 0.1) is 21.2 Å². The van der Waals surface area contributed by atoms with E-state index in [1.54, 1.807) is 0 Å². The summed E-state index contributed by atoms with van der Waals surface area (Å²) >= 11 is 11.6. The number of carbonyl (C=O) groups excluding carboxylic acids is 1. The van der Waals surface area contributed by atoms with Crippen LogP contribution in [0.15, 0.2) is 45.9 Å². The van der Waals surface area contributed by atoms with Gasteiger partial charge in [0.25, 0.3) is 5.69 Å². The third-order valence-electron chi connectivity index (χ3n) is 3.35. The summed E-state index contributed by atoms with van der Waals surface area (Å²) in [5.74, 6) is -0.943. The van der Waals surface area contributed by atoms with Crippen LogP contribution in [0.3, 0.4) is 0 Å². The largest absolute Gasteiger partial charge is 0.505 e. The van der Waals surface area contributed by atoms with Gasteiger partial charge in [-0.05, 0) is 29.8 Å². The maximum absolute atomic E-state index is 12.1. The Labute approximate surface area is 155 Å². The van der Waals surface area contributed by atoms with Crippen LogP contribution < -0.4 is 5.43 Å². The minimum absolute atomic E-state index is 0.0455. The molecular formula is C16H9Cl2N3O5. The normalized spacial score (nSPS) is 11.2. The molecule has 0 unspecified atom stereocenters. The molecule has 0 aliphatic carbocycles. The Bertz CT molecular complexity index is 1040. The van der Waals surface area contributed by atoms with Crippen molar-refractivity contribution in [1.29, 1.82) is 0 Å². The number of hydrogen-bond acceptors (Lipinski definition) is 6. The third-order valence-corrected chi connectivity index (χ3v) is 3.93. The molecule has 132 valence electrons. The number of rotatable bonds is 4. The molecule has 0 saturated carbocycles. The highest BCUT2D eigenvalue weighted by Crippen LogP contribution is 2.32. The number of nitrogens with one attached hydrogen (secondary N) is 1. The summed E-state index contributed by atoms with van der Waals surface area (Å²) in [4.78, 5) is 22.3. The molecule has 26 heavy (non-hydrogen) atoms. The maximum atomic E-state index is 12.1. The number of nitro benzene ring substituents is 1. The highest BCUT2D eigenvalue weighted by molar-refractivity contribution is 6.37. The fourth-order valence-electron chi connectivity index (χ4n) is 2.14. The third kappa shape index (κ3) is 3.61. The molecule has 3 rings (SSSR count). The number of aromatic hydroxyl groups is 1. The van der Waals surface area contributed by atoms with Gasteiger partial charge in [-0.2, -0.15) is 5.10 Å². The van der Waals surface area contributed by atoms with Crippen LogP contribution in [0.4, 0.5) is 5.69 Å². The van der Waals surface area contributed by atoms with Gasteiger partial charge < -0.3 is 9.52 Å². The van der Waals surface area contributed by atoms with E-state index in [0.29, 0.717) is 16.5 Å². The number of phenolic OH excluding ortho intramolecular Hbond substituents is 1. The van der Waals surface area contributed by atoms with E-state index in [2.05, 4.69) is 10.5 Å². The van der Waals surface area contributed by atoms with Crippen LogP contribution in [0.25, 0.3) is 11.0 Å². The van der Waals surface area contributed by atoms with Crippen molar-refractivity contribution in [3.63, 3.8) is 0 Å². The molecular weight excluding hydrogens is 385 g/mol. The monoisotopic (exact) mass is 393 g/mol. The lowest BCUT2D eigenvalue weighted by Gasteiger charge is -2.01. The molecule has 1 aromatic heterocycles. The summed E-state index contributed by atoms with van der Waals surface area (Å²) in [6.07, 6.45) is 1.28. The van der Waals surface area contributed by atoms with Crippen molar-refractivity contribution in [2.24, 2.45) is 5.10 Å². The Hall–Kier alpha value is -3.10. The molecule has 8 nitrogen and oxygen atoms in total. The summed E-state index contributed by atoms with van der Waals surface area (Å²) < 4.78 is 5.34. The Morgan fingerprint density at radius 2 is 1.92 bits per heavy atom. The van der Waals surface area contributed by atoms with Crippen molar-refractivity contribution in [3.05, 3.63) is 67.9 Å².